The third kappa shape index (κ3) is 14.7. The van der Waals surface area contributed by atoms with E-state index < -0.39 is 127 Å². The number of hydrogen-bond acceptors (Lipinski definition) is 14. The first-order chi connectivity index (χ1) is 31.9. The van der Waals surface area contributed by atoms with Gasteiger partial charge in [-0.15, -0.1) is 0 Å². The first-order valence-electron chi connectivity index (χ1n) is 21.3. The van der Waals surface area contributed by atoms with Crippen molar-refractivity contribution in [2.24, 2.45) is 17.4 Å². The van der Waals surface area contributed by atoms with Gasteiger partial charge in [0.2, 0.25) is 53.2 Å². The fourth-order valence-electron chi connectivity index (χ4n) is 7.33. The maximum atomic E-state index is 14.5. The number of carbonyl (C=O) groups excluding carboxylic acids is 9. The molecule has 14 N–H and O–H groups in total. The molecule has 0 bridgehead atoms. The summed E-state index contributed by atoms with van der Waals surface area (Å²) in [5, 5.41) is 27.9. The van der Waals surface area contributed by atoms with E-state index in [0.717, 1.165) is 32.5 Å². The van der Waals surface area contributed by atoms with E-state index in [4.69, 9.17) is 11.5 Å². The third-order valence-corrected chi connectivity index (χ3v) is 13.3. The Balaban J connectivity index is 1.50. The number of imidazole rings is 1. The number of carboxylic acid groups (broad SMARTS) is 1. The van der Waals surface area contributed by atoms with E-state index in [1.165, 1.54) is 17.4 Å². The van der Waals surface area contributed by atoms with Crippen molar-refractivity contribution in [3.63, 3.8) is 0 Å². The van der Waals surface area contributed by atoms with Crippen molar-refractivity contribution >= 4 is 91.6 Å². The molecule has 5 rings (SSSR count). The van der Waals surface area contributed by atoms with Crippen LogP contribution in [0.2, 0.25) is 0 Å². The Labute approximate surface area is 391 Å². The number of primary amides is 1. The second kappa shape index (κ2) is 24.2. The number of rotatable bonds is 10. The van der Waals surface area contributed by atoms with Crippen LogP contribution in [0, 0.1) is 5.92 Å². The van der Waals surface area contributed by atoms with Crippen LogP contribution in [0.3, 0.4) is 0 Å². The SMILES string of the molecule is CC(C)[C@@H]1NC(=O)CNC(=O)[C@H](CC(=O)O)NC(=O)[C@@H](N)CSSC[C@@H](C(=O)NCC(N)=O)NC(=O)[C@H](Cc2cnc[nH]2)NC(=O)[C@H](Cc2c[nH]c3ccccc23)NC(=O)[C@@H]2CCCN2C1=O. The number of fused-ring (bicyclic) bond motifs is 2. The molecular formula is C41H55N13O11S2. The van der Waals surface area contributed by atoms with Gasteiger partial charge in [0.25, 0.3) is 0 Å². The number of benzene rings is 1. The number of aliphatic carboxylic acids is 1. The predicted molar refractivity (Wildman–Crippen MR) is 244 cm³/mol. The second-order valence-corrected chi connectivity index (χ2v) is 18.8. The van der Waals surface area contributed by atoms with Crippen molar-refractivity contribution in [3.8, 4) is 0 Å². The maximum absolute atomic E-state index is 14.5. The minimum absolute atomic E-state index is 0.0729. The lowest BCUT2D eigenvalue weighted by molar-refractivity contribution is -0.143. The first kappa shape index (κ1) is 51.3. The van der Waals surface area contributed by atoms with Gasteiger partial charge in [-0.2, -0.15) is 0 Å². The fourth-order valence-corrected chi connectivity index (χ4v) is 9.62. The van der Waals surface area contributed by atoms with Gasteiger partial charge in [0, 0.05) is 59.9 Å². The number of carbonyl (C=O) groups is 10. The standard InChI is InChI=1S/C41H55N13O11S2/c1-20(2)34-41(65)54-9-5-8-30(54)40(64)51-26(10-21-13-45-25-7-4-3-6-23(21)25)38(62)50-27(11-22-14-44-19-48-22)39(63)52-29(37(61)46-15-31(43)55)18-67-66-17-24(42)35(59)49-28(12-33(57)58)36(60)47-16-32(56)53-34/h3-4,6-7,13-14,19-20,24,26-30,34,45H,5,8-12,15-18,42H2,1-2H3,(H2,43,55)(H,44,48)(H,46,61)(H,47,60)(H,49,59)(H,50,62)(H,51,64)(H,52,63)(H,53,56)(H,57,58)/t24-,26-,27-,28-,29-,30-,34-/m0/s1. The van der Waals surface area contributed by atoms with Gasteiger partial charge in [-0.25, -0.2) is 4.98 Å². The molecule has 0 spiro atoms. The lowest BCUT2D eigenvalue weighted by Crippen LogP contribution is -2.60. The molecule has 0 saturated carbocycles. The molecule has 26 heteroatoms. The molecular weight excluding hydrogens is 915 g/mol. The molecule has 7 atom stereocenters. The molecule has 2 aliphatic heterocycles. The lowest BCUT2D eigenvalue weighted by atomic mass is 10.0. The molecule has 0 unspecified atom stereocenters. The summed E-state index contributed by atoms with van der Waals surface area (Å²) in [4.78, 5) is 145. The zero-order chi connectivity index (χ0) is 48.8. The summed E-state index contributed by atoms with van der Waals surface area (Å²) in [6.45, 7) is 2.17. The quantitative estimate of drug-likeness (QED) is 0.0884. The van der Waals surface area contributed by atoms with Crippen LogP contribution in [0.15, 0.2) is 43.0 Å². The van der Waals surface area contributed by atoms with Crippen LogP contribution < -0.4 is 48.7 Å². The highest BCUT2D eigenvalue weighted by Gasteiger charge is 2.41. The monoisotopic (exact) mass is 969 g/mol. The van der Waals surface area contributed by atoms with Crippen LogP contribution in [-0.4, -0.2) is 158 Å². The van der Waals surface area contributed by atoms with E-state index in [1.54, 1.807) is 26.1 Å². The van der Waals surface area contributed by atoms with Crippen molar-refractivity contribution in [1.29, 1.82) is 0 Å². The van der Waals surface area contributed by atoms with E-state index in [2.05, 4.69) is 52.2 Å². The number of hydrogen-bond donors (Lipinski definition) is 12. The lowest BCUT2D eigenvalue weighted by Gasteiger charge is -2.31. The summed E-state index contributed by atoms with van der Waals surface area (Å²) in [6.07, 6.45) is 3.97. The Morgan fingerprint density at radius 2 is 1.55 bits per heavy atom. The zero-order valence-corrected chi connectivity index (χ0v) is 38.3. The van der Waals surface area contributed by atoms with Gasteiger partial charge in [0.1, 0.15) is 36.3 Å². The van der Waals surface area contributed by atoms with Gasteiger partial charge in [-0.05, 0) is 30.4 Å². The Morgan fingerprint density at radius 1 is 0.866 bits per heavy atom. The van der Waals surface area contributed by atoms with E-state index in [1.807, 2.05) is 18.2 Å². The van der Waals surface area contributed by atoms with Gasteiger partial charge in [-0.1, -0.05) is 53.6 Å². The first-order valence-corrected chi connectivity index (χ1v) is 23.8. The molecule has 2 aromatic heterocycles. The summed E-state index contributed by atoms with van der Waals surface area (Å²) < 4.78 is 0. The summed E-state index contributed by atoms with van der Waals surface area (Å²) in [6, 6.07) is -2.06. The topological polar surface area (TPSA) is 375 Å². The zero-order valence-electron chi connectivity index (χ0n) is 36.6. The highest BCUT2D eigenvalue weighted by molar-refractivity contribution is 8.76. The third-order valence-electron chi connectivity index (χ3n) is 10.8. The van der Waals surface area contributed by atoms with Crippen molar-refractivity contribution in [2.45, 2.75) is 88.2 Å². The van der Waals surface area contributed by atoms with Gasteiger partial charge in [0.05, 0.1) is 31.9 Å². The molecule has 4 heterocycles. The number of nitrogens with one attached hydrogen (secondary N) is 9. The highest BCUT2D eigenvalue weighted by atomic mass is 33.1. The molecule has 9 amide bonds. The molecule has 1 aromatic carbocycles. The maximum Gasteiger partial charge on any atom is 0.305 e. The molecule has 67 heavy (non-hydrogen) atoms. The van der Waals surface area contributed by atoms with Crippen LogP contribution in [0.5, 0.6) is 0 Å². The highest BCUT2D eigenvalue weighted by Crippen LogP contribution is 2.24. The van der Waals surface area contributed by atoms with Crippen molar-refractivity contribution in [1.82, 2.24) is 57.1 Å². The number of H-pyrrole nitrogens is 2. The average molecular weight is 970 g/mol. The number of nitrogens with zero attached hydrogens (tertiary/aromatic N) is 2. The molecule has 2 fully saturated rings. The number of aromatic amines is 2. The molecule has 24 nitrogen and oxygen atoms in total. The largest absolute Gasteiger partial charge is 0.481 e. The van der Waals surface area contributed by atoms with Crippen LogP contribution in [0.1, 0.15) is 44.4 Å². The fraction of sp³-hybridized carbons (Fsp3) is 0.488. The Kier molecular flexibility index (Phi) is 18.5. The molecule has 2 saturated heterocycles. The van der Waals surface area contributed by atoms with Crippen LogP contribution >= 0.6 is 21.6 Å². The van der Waals surface area contributed by atoms with E-state index in [-0.39, 0.29) is 37.3 Å². The van der Waals surface area contributed by atoms with E-state index >= 15 is 0 Å². The normalized spacial score (nSPS) is 24.7. The van der Waals surface area contributed by atoms with Gasteiger partial charge in [-0.3, -0.25) is 47.9 Å². The minimum atomic E-state index is -1.66. The average Bonchev–Trinajstić information content (AvgIpc) is 4.08. The van der Waals surface area contributed by atoms with Crippen LogP contribution in [-0.2, 0) is 60.8 Å². The summed E-state index contributed by atoms with van der Waals surface area (Å²) >= 11 is 0. The molecule has 2 aliphatic rings. The van der Waals surface area contributed by atoms with E-state index in [0.29, 0.717) is 17.7 Å². The predicted octanol–water partition coefficient (Wildman–Crippen LogP) is -3.34. The van der Waals surface area contributed by atoms with Crippen LogP contribution in [0.25, 0.3) is 10.9 Å². The summed E-state index contributed by atoms with van der Waals surface area (Å²) in [5.74, 6) is -9.68. The van der Waals surface area contributed by atoms with E-state index in [9.17, 15) is 53.1 Å². The number of para-hydroxylation sites is 1. The Hall–Kier alpha value is -6.67. The minimum Gasteiger partial charge on any atom is -0.481 e. The summed E-state index contributed by atoms with van der Waals surface area (Å²) in [7, 11) is 1.98. The number of amides is 9. The van der Waals surface area contributed by atoms with Crippen molar-refractivity contribution in [3.05, 3.63) is 54.2 Å². The molecule has 3 aromatic rings. The Morgan fingerprint density at radius 3 is 2.25 bits per heavy atom. The van der Waals surface area contributed by atoms with Gasteiger partial charge < -0.3 is 68.7 Å². The number of carboxylic acids is 1. The van der Waals surface area contributed by atoms with Crippen molar-refractivity contribution in [2.75, 3.05) is 31.1 Å². The molecule has 0 aliphatic carbocycles. The van der Waals surface area contributed by atoms with Crippen molar-refractivity contribution < 1.29 is 53.1 Å². The number of aromatic nitrogens is 3. The van der Waals surface area contributed by atoms with Gasteiger partial charge in [0.15, 0.2) is 0 Å². The second-order valence-electron chi connectivity index (χ2n) is 16.2. The number of nitrogens with two attached hydrogens (primary N) is 2. The van der Waals surface area contributed by atoms with Crippen LogP contribution in [0.4, 0.5) is 0 Å². The smallest absolute Gasteiger partial charge is 0.305 e. The summed E-state index contributed by atoms with van der Waals surface area (Å²) in [5.41, 5.74) is 13.2. The molecule has 0 radical (unpaired) electrons. The van der Waals surface area contributed by atoms with Gasteiger partial charge >= 0.3 is 5.97 Å². The molecule has 362 valence electrons. The Bertz CT molecular complexity index is 2310.